The number of nitrogens with two attached hydrogens (primary N) is 1. The van der Waals surface area contributed by atoms with Crippen LogP contribution in [-0.2, 0) is 6.54 Å². The number of hydrogen-bond acceptors (Lipinski definition) is 2. The summed E-state index contributed by atoms with van der Waals surface area (Å²) in [4.78, 5) is 14.9. The van der Waals surface area contributed by atoms with Crippen LogP contribution in [0.5, 0.6) is 0 Å². The second-order valence-corrected chi connectivity index (χ2v) is 7.33. The molecule has 4 nitrogen and oxygen atoms in total. The minimum atomic E-state index is -0.979. The highest BCUT2D eigenvalue weighted by molar-refractivity contribution is 6.10. The minimum absolute atomic E-state index is 0.171. The number of rotatable bonds is 4. The summed E-state index contributed by atoms with van der Waals surface area (Å²) >= 11 is 0. The van der Waals surface area contributed by atoms with Crippen LogP contribution in [0.1, 0.15) is 16.1 Å². The summed E-state index contributed by atoms with van der Waals surface area (Å²) in [6, 6.07) is 28.2. The molecule has 0 saturated heterocycles. The Morgan fingerprint density at radius 1 is 0.767 bits per heavy atom. The molecule has 0 saturated carbocycles. The van der Waals surface area contributed by atoms with Crippen LogP contribution >= 0.6 is 0 Å². The molecule has 5 rings (SSSR count). The van der Waals surface area contributed by atoms with Gasteiger partial charge in [0.1, 0.15) is 5.69 Å². The summed E-state index contributed by atoms with van der Waals surface area (Å²) < 4.78 is 0. The number of carboxylic acid groups (broad SMARTS) is 1. The Bertz CT molecular complexity index is 1410. The number of hydrogen-bond donors (Lipinski definition) is 3. The first-order valence-electron chi connectivity index (χ1n) is 9.83. The number of aromatic nitrogens is 1. The van der Waals surface area contributed by atoms with Crippen molar-refractivity contribution in [3.63, 3.8) is 0 Å². The van der Waals surface area contributed by atoms with Crippen LogP contribution in [0.4, 0.5) is 0 Å². The normalized spacial score (nSPS) is 11.2. The highest BCUT2D eigenvalue weighted by Crippen LogP contribution is 2.39. The van der Waals surface area contributed by atoms with E-state index in [4.69, 9.17) is 5.73 Å². The van der Waals surface area contributed by atoms with Gasteiger partial charge in [-0.1, -0.05) is 78.9 Å². The van der Waals surface area contributed by atoms with E-state index in [2.05, 4.69) is 41.4 Å². The molecule has 4 heteroatoms. The second-order valence-electron chi connectivity index (χ2n) is 7.33. The highest BCUT2D eigenvalue weighted by atomic mass is 16.4. The zero-order valence-electron chi connectivity index (χ0n) is 16.2. The largest absolute Gasteiger partial charge is 0.477 e. The molecule has 0 radical (unpaired) electrons. The van der Waals surface area contributed by atoms with Gasteiger partial charge < -0.3 is 15.8 Å². The molecule has 4 aromatic carbocycles. The molecule has 1 aromatic heterocycles. The topological polar surface area (TPSA) is 79.1 Å². The van der Waals surface area contributed by atoms with Crippen LogP contribution < -0.4 is 5.73 Å². The fourth-order valence-corrected chi connectivity index (χ4v) is 4.22. The third kappa shape index (κ3) is 2.86. The SMILES string of the molecule is NCc1ccccc1-c1ccc(-c2cccc3ccccc23)c2cc(C(=O)O)[nH]c12. The van der Waals surface area contributed by atoms with E-state index in [0.717, 1.165) is 49.5 Å². The Kier molecular flexibility index (Phi) is 4.34. The van der Waals surface area contributed by atoms with Gasteiger partial charge in [-0.3, -0.25) is 0 Å². The zero-order valence-corrected chi connectivity index (χ0v) is 16.2. The number of fused-ring (bicyclic) bond motifs is 2. The van der Waals surface area contributed by atoms with Gasteiger partial charge >= 0.3 is 5.97 Å². The predicted molar refractivity (Wildman–Crippen MR) is 122 cm³/mol. The highest BCUT2D eigenvalue weighted by Gasteiger charge is 2.17. The maximum Gasteiger partial charge on any atom is 0.352 e. The first-order chi connectivity index (χ1) is 14.7. The first kappa shape index (κ1) is 18.2. The van der Waals surface area contributed by atoms with Gasteiger partial charge in [0.15, 0.2) is 0 Å². The molecule has 5 aromatic rings. The number of aromatic amines is 1. The van der Waals surface area contributed by atoms with Crippen molar-refractivity contribution in [1.29, 1.82) is 0 Å². The average molecular weight is 392 g/mol. The lowest BCUT2D eigenvalue weighted by Gasteiger charge is -2.13. The Balaban J connectivity index is 1.85. The molecule has 0 aliphatic heterocycles. The van der Waals surface area contributed by atoms with Crippen molar-refractivity contribution in [3.05, 3.63) is 96.2 Å². The maximum absolute atomic E-state index is 11.8. The summed E-state index contributed by atoms with van der Waals surface area (Å²) in [5.74, 6) is -0.979. The van der Waals surface area contributed by atoms with E-state index in [-0.39, 0.29) is 5.69 Å². The van der Waals surface area contributed by atoms with Crippen LogP contribution in [0.2, 0.25) is 0 Å². The van der Waals surface area contributed by atoms with Gasteiger partial charge in [-0.05, 0) is 39.1 Å². The van der Waals surface area contributed by atoms with Crippen molar-refractivity contribution < 1.29 is 9.90 Å². The van der Waals surface area contributed by atoms with E-state index in [1.165, 1.54) is 0 Å². The van der Waals surface area contributed by atoms with Crippen LogP contribution in [-0.4, -0.2) is 16.1 Å². The molecular weight excluding hydrogens is 372 g/mol. The van der Waals surface area contributed by atoms with Gasteiger partial charge in [-0.25, -0.2) is 4.79 Å². The lowest BCUT2D eigenvalue weighted by Crippen LogP contribution is -1.99. The lowest BCUT2D eigenvalue weighted by molar-refractivity contribution is 0.0691. The van der Waals surface area contributed by atoms with Crippen molar-refractivity contribution in [3.8, 4) is 22.3 Å². The molecule has 0 amide bonds. The monoisotopic (exact) mass is 392 g/mol. The molecule has 1 heterocycles. The smallest absolute Gasteiger partial charge is 0.352 e. The summed E-state index contributed by atoms with van der Waals surface area (Å²) in [6.45, 7) is 0.412. The van der Waals surface area contributed by atoms with Crippen LogP contribution in [0, 0.1) is 0 Å². The summed E-state index contributed by atoms with van der Waals surface area (Å²) in [5.41, 5.74) is 12.0. The van der Waals surface area contributed by atoms with Crippen molar-refractivity contribution in [2.45, 2.75) is 6.54 Å². The van der Waals surface area contributed by atoms with Crippen molar-refractivity contribution in [2.24, 2.45) is 5.73 Å². The molecule has 30 heavy (non-hydrogen) atoms. The Labute approximate surface area is 173 Å². The fourth-order valence-electron chi connectivity index (χ4n) is 4.22. The van der Waals surface area contributed by atoms with Crippen LogP contribution in [0.3, 0.4) is 0 Å². The molecule has 4 N–H and O–H groups in total. The van der Waals surface area contributed by atoms with E-state index in [1.54, 1.807) is 6.07 Å². The number of aromatic carboxylic acids is 1. The van der Waals surface area contributed by atoms with Gasteiger partial charge in [0.05, 0.1) is 5.52 Å². The summed E-state index contributed by atoms with van der Waals surface area (Å²) in [5, 5.41) is 12.8. The van der Waals surface area contributed by atoms with Gasteiger partial charge in [-0.2, -0.15) is 0 Å². The van der Waals surface area contributed by atoms with E-state index in [9.17, 15) is 9.90 Å². The van der Waals surface area contributed by atoms with Gasteiger partial charge in [-0.15, -0.1) is 0 Å². The van der Waals surface area contributed by atoms with Crippen molar-refractivity contribution >= 4 is 27.6 Å². The van der Waals surface area contributed by atoms with E-state index in [0.29, 0.717) is 6.54 Å². The Morgan fingerprint density at radius 3 is 2.27 bits per heavy atom. The standard InChI is InChI=1S/C26H20N2O2/c27-15-17-7-2-4-10-19(17)22-13-12-21(23-14-24(26(29)30)28-25(22)23)20-11-5-8-16-6-1-3-9-18(16)20/h1-14,28H,15,27H2,(H,29,30). The quantitative estimate of drug-likeness (QED) is 0.361. The number of nitrogens with one attached hydrogen (secondary N) is 1. The third-order valence-electron chi connectivity index (χ3n) is 5.63. The molecule has 0 aliphatic carbocycles. The van der Waals surface area contributed by atoms with Crippen LogP contribution in [0.15, 0.2) is 84.9 Å². The summed E-state index contributed by atoms with van der Waals surface area (Å²) in [7, 11) is 0. The minimum Gasteiger partial charge on any atom is -0.477 e. The number of benzene rings is 4. The molecule has 0 spiro atoms. The van der Waals surface area contributed by atoms with Crippen molar-refractivity contribution in [2.75, 3.05) is 0 Å². The van der Waals surface area contributed by atoms with Crippen LogP contribution in [0.25, 0.3) is 43.9 Å². The molecule has 0 unspecified atom stereocenters. The predicted octanol–water partition coefficient (Wildman–Crippen LogP) is 5.81. The fraction of sp³-hybridized carbons (Fsp3) is 0.0385. The number of carbonyl (C=O) groups is 1. The molecule has 0 bridgehead atoms. The van der Waals surface area contributed by atoms with Gasteiger partial charge in [0.2, 0.25) is 0 Å². The van der Waals surface area contributed by atoms with Crippen molar-refractivity contribution in [1.82, 2.24) is 4.98 Å². The third-order valence-corrected chi connectivity index (χ3v) is 5.63. The molecule has 0 aliphatic rings. The molecule has 146 valence electrons. The molecule has 0 atom stereocenters. The Morgan fingerprint density at radius 2 is 1.43 bits per heavy atom. The average Bonchev–Trinajstić information content (AvgIpc) is 3.24. The first-order valence-corrected chi connectivity index (χ1v) is 9.83. The van der Waals surface area contributed by atoms with Gasteiger partial charge in [0.25, 0.3) is 0 Å². The molecular formula is C26H20N2O2. The maximum atomic E-state index is 11.8. The zero-order chi connectivity index (χ0) is 20.7. The Hall–Kier alpha value is -3.89. The second kappa shape index (κ2) is 7.17. The van der Waals surface area contributed by atoms with Gasteiger partial charge in [0, 0.05) is 17.5 Å². The van der Waals surface area contributed by atoms with E-state index in [1.807, 2.05) is 42.5 Å². The lowest BCUT2D eigenvalue weighted by atomic mass is 9.91. The number of H-pyrrole nitrogens is 1. The number of carboxylic acids is 1. The van der Waals surface area contributed by atoms with E-state index >= 15 is 0 Å². The van der Waals surface area contributed by atoms with E-state index < -0.39 is 5.97 Å². The molecule has 0 fully saturated rings. The summed E-state index contributed by atoms with van der Waals surface area (Å²) in [6.07, 6.45) is 0.